The van der Waals surface area contributed by atoms with Crippen molar-refractivity contribution in [3.63, 3.8) is 0 Å². The Balaban J connectivity index is 1.29. The van der Waals surface area contributed by atoms with Crippen molar-refractivity contribution in [1.29, 1.82) is 0 Å². The van der Waals surface area contributed by atoms with Crippen molar-refractivity contribution in [2.45, 2.75) is 38.1 Å². The maximum absolute atomic E-state index is 6.31. The fourth-order valence-corrected chi connectivity index (χ4v) is 2.84. The Hall–Kier alpha value is -0.200. The molecule has 21 heavy (non-hydrogen) atoms. The molecule has 2 N–H and O–H groups in total. The lowest BCUT2D eigenvalue weighted by Gasteiger charge is -2.48. The van der Waals surface area contributed by atoms with Crippen LogP contribution in [0.5, 0.6) is 0 Å². The molecule has 124 valence electrons. The zero-order chi connectivity index (χ0) is 15.0. The molecule has 5 nitrogen and oxygen atoms in total. The first kappa shape index (κ1) is 17.2. The van der Waals surface area contributed by atoms with Crippen LogP contribution in [-0.4, -0.2) is 69.7 Å². The van der Waals surface area contributed by atoms with Crippen LogP contribution in [0.3, 0.4) is 0 Å². The van der Waals surface area contributed by atoms with Gasteiger partial charge in [-0.05, 0) is 25.2 Å². The lowest BCUT2D eigenvalue weighted by atomic mass is 9.86. The lowest BCUT2D eigenvalue weighted by molar-refractivity contribution is -0.00595. The second kappa shape index (κ2) is 9.06. The number of ether oxygens (including phenoxy) is 3. The van der Waals surface area contributed by atoms with E-state index in [9.17, 15) is 0 Å². The Bertz CT molecular complexity index is 279. The van der Waals surface area contributed by atoms with Gasteiger partial charge in [-0.2, -0.15) is 0 Å². The minimum atomic E-state index is 0.126. The van der Waals surface area contributed by atoms with Gasteiger partial charge in [0.25, 0.3) is 0 Å². The second-order valence-electron chi connectivity index (χ2n) is 6.41. The lowest BCUT2D eigenvalue weighted by Crippen LogP contribution is -2.68. The van der Waals surface area contributed by atoms with Gasteiger partial charge in [0.05, 0.1) is 33.0 Å². The first-order valence-electron chi connectivity index (χ1n) is 8.49. The van der Waals surface area contributed by atoms with Crippen LogP contribution >= 0.6 is 0 Å². The summed E-state index contributed by atoms with van der Waals surface area (Å²) in [6, 6.07) is 0. The molecule has 1 heterocycles. The first-order chi connectivity index (χ1) is 10.2. The SMILES string of the molecule is CCCCOCCOCCOCCN1CC(N)(C2CC2)C1. The smallest absolute Gasteiger partial charge is 0.0701 e. The van der Waals surface area contributed by atoms with Gasteiger partial charge in [-0.3, -0.25) is 4.90 Å². The largest absolute Gasteiger partial charge is 0.379 e. The van der Waals surface area contributed by atoms with Crippen LogP contribution < -0.4 is 5.73 Å². The van der Waals surface area contributed by atoms with E-state index < -0.39 is 0 Å². The summed E-state index contributed by atoms with van der Waals surface area (Å²) in [5.74, 6) is 0.794. The standard InChI is InChI=1S/C16H32N2O3/c1-2-3-7-19-9-11-21-12-10-20-8-6-18-13-16(17,14-18)15-4-5-15/h15H,2-14,17H2,1H3. The summed E-state index contributed by atoms with van der Waals surface area (Å²) in [6.07, 6.45) is 4.97. The van der Waals surface area contributed by atoms with Gasteiger partial charge in [-0.1, -0.05) is 13.3 Å². The van der Waals surface area contributed by atoms with E-state index in [0.29, 0.717) is 26.4 Å². The van der Waals surface area contributed by atoms with Crippen LogP contribution in [0.15, 0.2) is 0 Å². The van der Waals surface area contributed by atoms with Gasteiger partial charge < -0.3 is 19.9 Å². The molecule has 0 aromatic heterocycles. The van der Waals surface area contributed by atoms with E-state index in [1.165, 1.54) is 19.3 Å². The highest BCUT2D eigenvalue weighted by atomic mass is 16.5. The maximum Gasteiger partial charge on any atom is 0.0701 e. The molecule has 1 saturated heterocycles. The summed E-state index contributed by atoms with van der Waals surface area (Å²) in [7, 11) is 0. The van der Waals surface area contributed by atoms with E-state index in [0.717, 1.165) is 45.2 Å². The van der Waals surface area contributed by atoms with E-state index in [1.54, 1.807) is 0 Å². The molecule has 2 fully saturated rings. The molecule has 1 aliphatic heterocycles. The molecule has 1 saturated carbocycles. The molecule has 1 aliphatic carbocycles. The maximum atomic E-state index is 6.31. The second-order valence-corrected chi connectivity index (χ2v) is 6.41. The van der Waals surface area contributed by atoms with Crippen molar-refractivity contribution in [3.05, 3.63) is 0 Å². The average Bonchev–Trinajstić information content (AvgIpc) is 3.27. The van der Waals surface area contributed by atoms with Gasteiger partial charge in [0, 0.05) is 31.8 Å². The van der Waals surface area contributed by atoms with Crippen molar-refractivity contribution in [1.82, 2.24) is 4.90 Å². The summed E-state index contributed by atoms with van der Waals surface area (Å²) in [6.45, 7) is 9.54. The molecule has 0 bridgehead atoms. The van der Waals surface area contributed by atoms with E-state index in [1.807, 2.05) is 0 Å². The number of nitrogens with zero attached hydrogens (tertiary/aromatic N) is 1. The van der Waals surface area contributed by atoms with E-state index in [-0.39, 0.29) is 5.54 Å². The molecule has 0 atom stereocenters. The number of hydrogen-bond donors (Lipinski definition) is 1. The number of rotatable bonds is 13. The fraction of sp³-hybridized carbons (Fsp3) is 1.00. The predicted octanol–water partition coefficient (Wildman–Crippen LogP) is 1.26. The van der Waals surface area contributed by atoms with Gasteiger partial charge >= 0.3 is 0 Å². The van der Waals surface area contributed by atoms with E-state index in [4.69, 9.17) is 19.9 Å². The van der Waals surface area contributed by atoms with Gasteiger partial charge in [0.15, 0.2) is 0 Å². The first-order valence-corrected chi connectivity index (χ1v) is 8.49. The molecule has 2 rings (SSSR count). The van der Waals surface area contributed by atoms with Crippen molar-refractivity contribution in [2.24, 2.45) is 11.7 Å². The number of hydrogen-bond acceptors (Lipinski definition) is 5. The predicted molar refractivity (Wildman–Crippen MR) is 83.4 cm³/mol. The number of likely N-dealkylation sites (tertiary alicyclic amines) is 1. The summed E-state index contributed by atoms with van der Waals surface area (Å²) in [5, 5.41) is 0. The van der Waals surface area contributed by atoms with Crippen LogP contribution in [0.25, 0.3) is 0 Å². The minimum Gasteiger partial charge on any atom is -0.379 e. The topological polar surface area (TPSA) is 57.0 Å². The number of nitrogens with two attached hydrogens (primary N) is 1. The van der Waals surface area contributed by atoms with Gasteiger partial charge in [-0.25, -0.2) is 0 Å². The normalized spacial score (nSPS) is 21.4. The van der Waals surface area contributed by atoms with Crippen molar-refractivity contribution < 1.29 is 14.2 Å². The van der Waals surface area contributed by atoms with Crippen molar-refractivity contribution >= 4 is 0 Å². The van der Waals surface area contributed by atoms with Crippen LogP contribution in [0, 0.1) is 5.92 Å². The van der Waals surface area contributed by atoms with Crippen LogP contribution in [0.1, 0.15) is 32.6 Å². The van der Waals surface area contributed by atoms with Crippen molar-refractivity contribution in [3.8, 4) is 0 Å². The molecule has 5 heteroatoms. The summed E-state index contributed by atoms with van der Waals surface area (Å²) in [4.78, 5) is 2.39. The van der Waals surface area contributed by atoms with E-state index in [2.05, 4.69) is 11.8 Å². The highest BCUT2D eigenvalue weighted by Gasteiger charge is 2.49. The minimum absolute atomic E-state index is 0.126. The molecule has 0 radical (unpaired) electrons. The summed E-state index contributed by atoms with van der Waals surface area (Å²) >= 11 is 0. The highest BCUT2D eigenvalue weighted by Crippen LogP contribution is 2.42. The molecule has 0 amide bonds. The molecular weight excluding hydrogens is 268 g/mol. The average molecular weight is 300 g/mol. The van der Waals surface area contributed by atoms with Crippen molar-refractivity contribution in [2.75, 3.05) is 59.3 Å². The van der Waals surface area contributed by atoms with Gasteiger partial charge in [-0.15, -0.1) is 0 Å². The Morgan fingerprint density at radius 3 is 2.10 bits per heavy atom. The Kier molecular flexibility index (Phi) is 7.40. The Morgan fingerprint density at radius 2 is 1.52 bits per heavy atom. The summed E-state index contributed by atoms with van der Waals surface area (Å²) < 4.78 is 16.4. The molecule has 2 aliphatic rings. The van der Waals surface area contributed by atoms with Gasteiger partial charge in [0.1, 0.15) is 0 Å². The zero-order valence-corrected chi connectivity index (χ0v) is 13.5. The third-order valence-electron chi connectivity index (χ3n) is 4.36. The Labute approximate surface area is 129 Å². The van der Waals surface area contributed by atoms with Crippen LogP contribution in [0.2, 0.25) is 0 Å². The fourth-order valence-electron chi connectivity index (χ4n) is 2.84. The monoisotopic (exact) mass is 300 g/mol. The highest BCUT2D eigenvalue weighted by molar-refractivity contribution is 5.08. The summed E-state index contributed by atoms with van der Waals surface area (Å²) in [5.41, 5.74) is 6.44. The van der Waals surface area contributed by atoms with Crippen LogP contribution in [-0.2, 0) is 14.2 Å². The zero-order valence-electron chi connectivity index (χ0n) is 13.5. The Morgan fingerprint density at radius 1 is 0.952 bits per heavy atom. The van der Waals surface area contributed by atoms with E-state index >= 15 is 0 Å². The quantitative estimate of drug-likeness (QED) is 0.519. The third-order valence-corrected chi connectivity index (χ3v) is 4.36. The molecule has 0 aromatic rings. The molecule has 0 unspecified atom stereocenters. The molecule has 0 aromatic carbocycles. The third kappa shape index (κ3) is 6.20. The van der Waals surface area contributed by atoms with Crippen LogP contribution in [0.4, 0.5) is 0 Å². The van der Waals surface area contributed by atoms with Gasteiger partial charge in [0.2, 0.25) is 0 Å². The molecule has 0 spiro atoms. The number of unbranched alkanes of at least 4 members (excludes halogenated alkanes) is 1. The molecular formula is C16H32N2O3.